The molecule has 1 aliphatic rings. The van der Waals surface area contributed by atoms with Gasteiger partial charge in [-0.25, -0.2) is 0 Å². The standard InChI is InChI=1S/C14H20N2O2/c1-10(15)12-7-8-13(18-12)14(17)16-9-11-5-3-2-4-6-11/h2-6,10,12-13H,7-9,15H2,1H3,(H,16,17)/t10-,12+,13+/m0/s1. The Morgan fingerprint density at radius 2 is 2.17 bits per heavy atom. The summed E-state index contributed by atoms with van der Waals surface area (Å²) < 4.78 is 5.64. The van der Waals surface area contributed by atoms with Crippen molar-refractivity contribution in [2.24, 2.45) is 5.73 Å². The van der Waals surface area contributed by atoms with Gasteiger partial charge in [0.15, 0.2) is 0 Å². The number of carbonyl (C=O) groups is 1. The zero-order valence-corrected chi connectivity index (χ0v) is 10.6. The normalized spacial score (nSPS) is 24.8. The van der Waals surface area contributed by atoms with Crippen LogP contribution in [0.25, 0.3) is 0 Å². The highest BCUT2D eigenvalue weighted by atomic mass is 16.5. The number of nitrogens with two attached hydrogens (primary N) is 1. The van der Waals surface area contributed by atoms with E-state index in [0.717, 1.165) is 18.4 Å². The molecule has 1 fully saturated rings. The van der Waals surface area contributed by atoms with Crippen LogP contribution in [0.1, 0.15) is 25.3 Å². The summed E-state index contributed by atoms with van der Waals surface area (Å²) in [5, 5.41) is 2.90. The Hall–Kier alpha value is -1.39. The zero-order chi connectivity index (χ0) is 13.0. The van der Waals surface area contributed by atoms with Crippen molar-refractivity contribution >= 4 is 5.91 Å². The van der Waals surface area contributed by atoms with E-state index in [1.165, 1.54) is 0 Å². The number of ether oxygens (including phenoxy) is 1. The topological polar surface area (TPSA) is 64.4 Å². The summed E-state index contributed by atoms with van der Waals surface area (Å²) in [5.74, 6) is -0.0398. The maximum Gasteiger partial charge on any atom is 0.249 e. The number of hydrogen-bond acceptors (Lipinski definition) is 3. The third-order valence-electron chi connectivity index (χ3n) is 3.24. The summed E-state index contributed by atoms with van der Waals surface area (Å²) in [7, 11) is 0. The molecule has 2 rings (SSSR count). The molecule has 1 saturated heterocycles. The second-order valence-corrected chi connectivity index (χ2v) is 4.80. The highest BCUT2D eigenvalue weighted by Gasteiger charge is 2.32. The molecule has 1 aromatic rings. The van der Waals surface area contributed by atoms with E-state index in [-0.39, 0.29) is 24.2 Å². The maximum atomic E-state index is 11.9. The fourth-order valence-electron chi connectivity index (χ4n) is 2.14. The minimum atomic E-state index is -0.343. The van der Waals surface area contributed by atoms with Gasteiger partial charge in [0.2, 0.25) is 5.91 Å². The summed E-state index contributed by atoms with van der Waals surface area (Å²) in [6.07, 6.45) is 1.29. The molecule has 0 bridgehead atoms. The quantitative estimate of drug-likeness (QED) is 0.841. The molecule has 4 nitrogen and oxygen atoms in total. The Kier molecular flexibility index (Phi) is 4.33. The van der Waals surface area contributed by atoms with Crippen molar-refractivity contribution < 1.29 is 9.53 Å². The van der Waals surface area contributed by atoms with Crippen molar-refractivity contribution in [1.82, 2.24) is 5.32 Å². The number of rotatable bonds is 4. The van der Waals surface area contributed by atoms with E-state index in [4.69, 9.17) is 10.5 Å². The molecular formula is C14H20N2O2. The molecule has 3 N–H and O–H groups in total. The van der Waals surface area contributed by atoms with Crippen LogP contribution < -0.4 is 11.1 Å². The number of nitrogens with one attached hydrogen (secondary N) is 1. The lowest BCUT2D eigenvalue weighted by Gasteiger charge is -2.16. The molecule has 0 unspecified atom stereocenters. The first-order valence-electron chi connectivity index (χ1n) is 6.39. The first-order valence-corrected chi connectivity index (χ1v) is 6.39. The lowest BCUT2D eigenvalue weighted by atomic mass is 10.1. The van der Waals surface area contributed by atoms with E-state index in [1.54, 1.807) is 0 Å². The van der Waals surface area contributed by atoms with Gasteiger partial charge in [-0.2, -0.15) is 0 Å². The molecule has 4 heteroatoms. The van der Waals surface area contributed by atoms with Gasteiger partial charge in [-0.05, 0) is 25.3 Å². The molecule has 1 heterocycles. The molecule has 98 valence electrons. The van der Waals surface area contributed by atoms with Crippen LogP contribution in [-0.4, -0.2) is 24.2 Å². The van der Waals surface area contributed by atoms with Crippen molar-refractivity contribution in [2.45, 2.75) is 44.6 Å². The minimum absolute atomic E-state index is 0.0116. The predicted molar refractivity (Wildman–Crippen MR) is 69.8 cm³/mol. The van der Waals surface area contributed by atoms with Crippen LogP contribution in [0, 0.1) is 0 Å². The molecule has 0 radical (unpaired) electrons. The van der Waals surface area contributed by atoms with Gasteiger partial charge in [-0.15, -0.1) is 0 Å². The molecule has 1 aliphatic heterocycles. The van der Waals surface area contributed by atoms with E-state index in [1.807, 2.05) is 37.3 Å². The minimum Gasteiger partial charge on any atom is -0.364 e. The SMILES string of the molecule is C[C@H](N)[C@H]1CC[C@H](C(=O)NCc2ccccc2)O1. The highest BCUT2D eigenvalue weighted by molar-refractivity contribution is 5.81. The fourth-order valence-corrected chi connectivity index (χ4v) is 2.14. The van der Waals surface area contributed by atoms with Gasteiger partial charge >= 0.3 is 0 Å². The molecule has 18 heavy (non-hydrogen) atoms. The molecule has 3 atom stereocenters. The molecule has 1 aromatic carbocycles. The van der Waals surface area contributed by atoms with Crippen LogP contribution in [0.5, 0.6) is 0 Å². The Morgan fingerprint density at radius 1 is 1.44 bits per heavy atom. The Labute approximate surface area is 108 Å². The van der Waals surface area contributed by atoms with Crippen LogP contribution in [0.4, 0.5) is 0 Å². The second-order valence-electron chi connectivity index (χ2n) is 4.80. The summed E-state index contributed by atoms with van der Waals surface area (Å²) in [4.78, 5) is 11.9. The van der Waals surface area contributed by atoms with E-state index in [2.05, 4.69) is 5.32 Å². The van der Waals surface area contributed by atoms with Gasteiger partial charge in [-0.3, -0.25) is 4.79 Å². The number of benzene rings is 1. The first kappa shape index (κ1) is 13.1. The van der Waals surface area contributed by atoms with Crippen LogP contribution in [0.3, 0.4) is 0 Å². The summed E-state index contributed by atoms with van der Waals surface area (Å²) in [6, 6.07) is 9.83. The Balaban J connectivity index is 1.79. The average molecular weight is 248 g/mol. The van der Waals surface area contributed by atoms with Crippen molar-refractivity contribution in [3.8, 4) is 0 Å². The molecule has 0 saturated carbocycles. The second kappa shape index (κ2) is 5.98. The van der Waals surface area contributed by atoms with Crippen molar-refractivity contribution in [1.29, 1.82) is 0 Å². The molecule has 0 aliphatic carbocycles. The van der Waals surface area contributed by atoms with Crippen LogP contribution >= 0.6 is 0 Å². The Bertz CT molecular complexity index is 392. The van der Waals surface area contributed by atoms with E-state index in [9.17, 15) is 4.79 Å². The van der Waals surface area contributed by atoms with Crippen molar-refractivity contribution in [3.05, 3.63) is 35.9 Å². The number of hydrogen-bond donors (Lipinski definition) is 2. The summed E-state index contributed by atoms with van der Waals surface area (Å²) in [5.41, 5.74) is 6.86. The zero-order valence-electron chi connectivity index (χ0n) is 10.6. The fraction of sp³-hybridized carbons (Fsp3) is 0.500. The molecule has 0 spiro atoms. The van der Waals surface area contributed by atoms with Gasteiger partial charge in [0.25, 0.3) is 0 Å². The van der Waals surface area contributed by atoms with Crippen molar-refractivity contribution in [2.75, 3.05) is 0 Å². The van der Waals surface area contributed by atoms with Gasteiger partial charge in [0.05, 0.1) is 6.10 Å². The third kappa shape index (κ3) is 3.31. The summed E-state index contributed by atoms with van der Waals surface area (Å²) in [6.45, 7) is 2.46. The highest BCUT2D eigenvalue weighted by Crippen LogP contribution is 2.21. The first-order chi connectivity index (χ1) is 8.66. The monoisotopic (exact) mass is 248 g/mol. The van der Waals surface area contributed by atoms with Gasteiger partial charge in [-0.1, -0.05) is 30.3 Å². The van der Waals surface area contributed by atoms with Gasteiger partial charge < -0.3 is 15.8 Å². The lowest BCUT2D eigenvalue weighted by Crippen LogP contribution is -2.37. The third-order valence-corrected chi connectivity index (χ3v) is 3.24. The van der Waals surface area contributed by atoms with Crippen LogP contribution in [0.15, 0.2) is 30.3 Å². The number of carbonyl (C=O) groups excluding carboxylic acids is 1. The molecular weight excluding hydrogens is 228 g/mol. The largest absolute Gasteiger partial charge is 0.364 e. The lowest BCUT2D eigenvalue weighted by molar-refractivity contribution is -0.132. The number of amides is 1. The molecule has 1 amide bonds. The predicted octanol–water partition coefficient (Wildman–Crippen LogP) is 1.20. The van der Waals surface area contributed by atoms with Gasteiger partial charge in [0, 0.05) is 12.6 Å². The van der Waals surface area contributed by atoms with E-state index in [0.29, 0.717) is 6.54 Å². The Morgan fingerprint density at radius 3 is 2.78 bits per heavy atom. The van der Waals surface area contributed by atoms with E-state index >= 15 is 0 Å². The molecule has 0 aromatic heterocycles. The average Bonchev–Trinajstić information content (AvgIpc) is 2.87. The van der Waals surface area contributed by atoms with Gasteiger partial charge in [0.1, 0.15) is 6.10 Å². The smallest absolute Gasteiger partial charge is 0.249 e. The summed E-state index contributed by atoms with van der Waals surface area (Å²) >= 11 is 0. The van der Waals surface area contributed by atoms with E-state index < -0.39 is 0 Å². The van der Waals surface area contributed by atoms with Crippen LogP contribution in [0.2, 0.25) is 0 Å². The van der Waals surface area contributed by atoms with Crippen molar-refractivity contribution in [3.63, 3.8) is 0 Å². The van der Waals surface area contributed by atoms with Crippen LogP contribution in [-0.2, 0) is 16.1 Å². The maximum absolute atomic E-state index is 11.9.